The minimum absolute atomic E-state index is 0.282. The molecule has 0 aromatic heterocycles. The van der Waals surface area contributed by atoms with Gasteiger partial charge in [0.1, 0.15) is 68.2 Å². The van der Waals surface area contributed by atoms with Gasteiger partial charge in [-0.15, -0.1) is 0 Å². The second-order valence-electron chi connectivity index (χ2n) is 19.0. The van der Waals surface area contributed by atoms with E-state index in [-0.39, 0.29) is 22.7 Å². The molecular weight excluding hydrogens is 1270 g/mol. The summed E-state index contributed by atoms with van der Waals surface area (Å²) in [5, 5.41) is 0. The van der Waals surface area contributed by atoms with Crippen LogP contribution in [0.15, 0.2) is 170 Å². The van der Waals surface area contributed by atoms with Crippen LogP contribution in [0.3, 0.4) is 0 Å². The zero-order valence-electron chi connectivity index (χ0n) is 44.2. The topological polar surface area (TPSA) is 141 Å². The quantitative estimate of drug-likeness (QED) is 0.0700. The van der Waals surface area contributed by atoms with Crippen LogP contribution in [0.2, 0.25) is 0 Å². The standard InChI is InChI=1S/2C29H18F12N2O2/c2*30-26(31,32)21-13-17(42)5-11-23(21)44-19-7-1-15(2-8-19)25(28(36,37)38,29(39,40)41)16-3-9-20(10-4-16)45-24-12-6-18(43)14-22(24)27(33,34)35/h2*1-14H,42-43H2. The van der Waals surface area contributed by atoms with E-state index in [0.29, 0.717) is 121 Å². The van der Waals surface area contributed by atoms with Crippen molar-refractivity contribution in [3.8, 4) is 46.0 Å². The molecule has 0 saturated heterocycles. The molecule has 8 rings (SSSR count). The van der Waals surface area contributed by atoms with Gasteiger partial charge in [0, 0.05) is 22.7 Å². The largest absolute Gasteiger partial charge is 0.457 e. The molecule has 0 atom stereocenters. The highest BCUT2D eigenvalue weighted by Crippen LogP contribution is 2.59. The summed E-state index contributed by atoms with van der Waals surface area (Å²) in [5.74, 6) is -5.36. The van der Waals surface area contributed by atoms with Gasteiger partial charge in [-0.25, -0.2) is 0 Å². The highest BCUT2D eigenvalue weighted by atomic mass is 19.4. The molecule has 0 spiro atoms. The molecule has 480 valence electrons. The average molecular weight is 1310 g/mol. The summed E-state index contributed by atoms with van der Waals surface area (Å²) < 4.78 is 355. The molecule has 0 aliphatic carbocycles. The number of nitrogen functional groups attached to an aromatic ring is 4. The zero-order chi connectivity index (χ0) is 67.2. The van der Waals surface area contributed by atoms with E-state index >= 15 is 0 Å². The Balaban J connectivity index is 0.000000256. The minimum atomic E-state index is -6.04. The molecule has 0 unspecified atom stereocenters. The third-order valence-electron chi connectivity index (χ3n) is 13.0. The Morgan fingerprint density at radius 2 is 0.367 bits per heavy atom. The second kappa shape index (κ2) is 24.1. The van der Waals surface area contributed by atoms with Crippen LogP contribution in [0.4, 0.5) is 128 Å². The SMILES string of the molecule is Nc1ccc(Oc2ccc(C(c3ccc(Oc4ccc(N)cc4C(F)(F)F)cc3)(C(F)(F)F)C(F)(F)F)cc2)c(C(F)(F)F)c1.Nc1ccc(Oc2ccc(C(c3ccc(Oc4ccc(N)cc4C(F)(F)F)cc3)(C(F)(F)F)C(F)(F)F)cc2)c(C(F)(F)F)c1. The van der Waals surface area contributed by atoms with Gasteiger partial charge in [-0.05, 0) is 144 Å². The zero-order valence-corrected chi connectivity index (χ0v) is 44.2. The summed E-state index contributed by atoms with van der Waals surface area (Å²) in [4.78, 5) is 0. The Labute approximate surface area is 489 Å². The molecule has 0 heterocycles. The molecule has 0 radical (unpaired) electrons. The lowest BCUT2D eigenvalue weighted by Crippen LogP contribution is -2.54. The first-order valence-electron chi connectivity index (χ1n) is 24.6. The lowest BCUT2D eigenvalue weighted by Gasteiger charge is -2.38. The molecule has 8 N–H and O–H groups in total. The van der Waals surface area contributed by atoms with E-state index in [1.807, 2.05) is 0 Å². The molecule has 8 nitrogen and oxygen atoms in total. The summed E-state index contributed by atoms with van der Waals surface area (Å²) in [6, 6.07) is 17.7. The van der Waals surface area contributed by atoms with Crippen molar-refractivity contribution in [3.05, 3.63) is 214 Å². The van der Waals surface area contributed by atoms with Crippen molar-refractivity contribution < 1.29 is 124 Å². The molecule has 0 fully saturated rings. The van der Waals surface area contributed by atoms with Crippen LogP contribution < -0.4 is 41.9 Å². The molecule has 8 aromatic carbocycles. The average Bonchev–Trinajstić information content (AvgIpc) is 0.727. The predicted octanol–water partition coefficient (Wildman–Crippen LogP) is 19.8. The molecular formula is C58H36F24N4O4. The van der Waals surface area contributed by atoms with Crippen molar-refractivity contribution in [1.29, 1.82) is 0 Å². The third-order valence-corrected chi connectivity index (χ3v) is 13.0. The Kier molecular flexibility index (Phi) is 18.2. The summed E-state index contributed by atoms with van der Waals surface area (Å²) in [5.41, 5.74) is 0.120. The van der Waals surface area contributed by atoms with Crippen molar-refractivity contribution in [3.63, 3.8) is 0 Å². The van der Waals surface area contributed by atoms with Gasteiger partial charge in [0.15, 0.2) is 0 Å². The van der Waals surface area contributed by atoms with Crippen LogP contribution in [0, 0.1) is 0 Å². The summed E-state index contributed by atoms with van der Waals surface area (Å²) in [6.07, 6.45) is -44.0. The minimum Gasteiger partial charge on any atom is -0.457 e. The van der Waals surface area contributed by atoms with E-state index in [4.69, 9.17) is 41.9 Å². The van der Waals surface area contributed by atoms with E-state index in [0.717, 1.165) is 48.5 Å². The number of rotatable bonds is 12. The fraction of sp³-hybridized carbons (Fsp3) is 0.172. The molecule has 8 aromatic rings. The van der Waals surface area contributed by atoms with Gasteiger partial charge in [0.2, 0.25) is 10.8 Å². The lowest BCUT2D eigenvalue weighted by molar-refractivity contribution is -0.290. The highest BCUT2D eigenvalue weighted by Gasteiger charge is 2.73. The normalized spacial score (nSPS) is 13.1. The van der Waals surface area contributed by atoms with E-state index in [1.165, 1.54) is 0 Å². The van der Waals surface area contributed by atoms with Gasteiger partial charge in [0.25, 0.3) is 0 Å². The van der Waals surface area contributed by atoms with Gasteiger partial charge in [-0.3, -0.25) is 0 Å². The number of anilines is 4. The number of alkyl halides is 24. The highest BCUT2D eigenvalue weighted by molar-refractivity contribution is 5.56. The first-order chi connectivity index (χ1) is 41.3. The van der Waals surface area contributed by atoms with Crippen molar-refractivity contribution >= 4 is 22.7 Å². The number of benzene rings is 8. The fourth-order valence-electron chi connectivity index (χ4n) is 9.00. The Bertz CT molecular complexity index is 3320. The summed E-state index contributed by atoms with van der Waals surface area (Å²) in [7, 11) is 0. The smallest absolute Gasteiger partial charge is 0.420 e. The molecule has 0 aliphatic heterocycles. The van der Waals surface area contributed by atoms with Crippen molar-refractivity contribution in [2.45, 2.75) is 60.2 Å². The van der Waals surface area contributed by atoms with Crippen molar-refractivity contribution in [1.82, 2.24) is 0 Å². The number of hydrogen-bond donors (Lipinski definition) is 4. The molecule has 0 amide bonds. The summed E-state index contributed by atoms with van der Waals surface area (Å²) in [6.45, 7) is 0. The molecule has 32 heteroatoms. The summed E-state index contributed by atoms with van der Waals surface area (Å²) >= 11 is 0. The van der Waals surface area contributed by atoms with Crippen LogP contribution in [0.1, 0.15) is 44.5 Å². The molecule has 0 saturated carbocycles. The van der Waals surface area contributed by atoms with Crippen LogP contribution >= 0.6 is 0 Å². The van der Waals surface area contributed by atoms with E-state index < -0.39 is 151 Å². The van der Waals surface area contributed by atoms with Gasteiger partial charge in [-0.1, -0.05) is 48.5 Å². The van der Waals surface area contributed by atoms with Crippen LogP contribution in [-0.4, -0.2) is 24.7 Å². The Morgan fingerprint density at radius 1 is 0.211 bits per heavy atom. The van der Waals surface area contributed by atoms with E-state index in [1.54, 1.807) is 0 Å². The number of nitrogens with two attached hydrogens (primary N) is 4. The van der Waals surface area contributed by atoms with E-state index in [9.17, 15) is 105 Å². The van der Waals surface area contributed by atoms with E-state index in [2.05, 4.69) is 0 Å². The predicted molar refractivity (Wildman–Crippen MR) is 275 cm³/mol. The van der Waals surface area contributed by atoms with Gasteiger partial charge >= 0.3 is 49.4 Å². The maximum absolute atomic E-state index is 14.5. The maximum atomic E-state index is 14.5. The lowest BCUT2D eigenvalue weighted by atomic mass is 9.73. The van der Waals surface area contributed by atoms with Gasteiger partial charge in [-0.2, -0.15) is 105 Å². The maximum Gasteiger partial charge on any atom is 0.420 e. The number of ether oxygens (including phenoxy) is 4. The van der Waals surface area contributed by atoms with Gasteiger partial charge in [0.05, 0.1) is 0 Å². The van der Waals surface area contributed by atoms with Crippen LogP contribution in [0.5, 0.6) is 46.0 Å². The number of halogens is 24. The Hall–Kier alpha value is -9.52. The molecule has 90 heavy (non-hydrogen) atoms. The Morgan fingerprint density at radius 3 is 0.500 bits per heavy atom. The van der Waals surface area contributed by atoms with Crippen molar-refractivity contribution in [2.24, 2.45) is 0 Å². The van der Waals surface area contributed by atoms with Crippen molar-refractivity contribution in [2.75, 3.05) is 22.9 Å². The third kappa shape index (κ3) is 14.1. The monoisotopic (exact) mass is 1310 g/mol. The van der Waals surface area contributed by atoms with Crippen LogP contribution in [0.25, 0.3) is 0 Å². The molecule has 0 bridgehead atoms. The second-order valence-corrected chi connectivity index (χ2v) is 19.0. The fourth-order valence-corrected chi connectivity index (χ4v) is 9.00. The van der Waals surface area contributed by atoms with Crippen LogP contribution in [-0.2, 0) is 35.5 Å². The molecule has 0 aliphatic rings. The first kappa shape index (κ1) is 68.0. The number of hydrogen-bond acceptors (Lipinski definition) is 8. The first-order valence-corrected chi connectivity index (χ1v) is 24.6. The van der Waals surface area contributed by atoms with Gasteiger partial charge < -0.3 is 41.9 Å².